The summed E-state index contributed by atoms with van der Waals surface area (Å²) in [7, 11) is 0. The lowest BCUT2D eigenvalue weighted by atomic mass is 9.50. The molecule has 0 aromatic carbocycles. The van der Waals surface area contributed by atoms with Crippen LogP contribution in [0.1, 0.15) is 57.8 Å². The van der Waals surface area contributed by atoms with Gasteiger partial charge in [-0.2, -0.15) is 0 Å². The van der Waals surface area contributed by atoms with E-state index in [4.69, 9.17) is 10.5 Å². The number of unbranched alkanes of at least 4 members (excludes halogenated alkanes) is 2. The van der Waals surface area contributed by atoms with E-state index in [1.165, 1.54) is 38.5 Å². The lowest BCUT2D eigenvalue weighted by Gasteiger charge is -2.56. The molecule has 5 rings (SSSR count). The minimum absolute atomic E-state index is 0.397. The lowest BCUT2D eigenvalue weighted by Crippen LogP contribution is -2.70. The smallest absolute Gasteiger partial charge is 0.237 e. The number of ether oxygens (including phenoxy) is 1. The summed E-state index contributed by atoms with van der Waals surface area (Å²) in [5.41, 5.74) is 5.86. The van der Waals surface area contributed by atoms with Gasteiger partial charge < -0.3 is 30.9 Å². The maximum Gasteiger partial charge on any atom is 0.237 e. The van der Waals surface area contributed by atoms with Crippen LogP contribution in [-0.2, 0) is 9.53 Å². The first-order valence-corrected chi connectivity index (χ1v) is 12.1. The highest BCUT2D eigenvalue weighted by Crippen LogP contribution is 2.60. The number of carbonyl (C=O) groups is 1. The second-order valence-corrected chi connectivity index (χ2v) is 10.8. The van der Waals surface area contributed by atoms with Gasteiger partial charge in [-0.05, 0) is 87.5 Å². The molecule has 4 aliphatic carbocycles. The number of amides is 1. The fourth-order valence-corrected chi connectivity index (χ4v) is 7.50. The van der Waals surface area contributed by atoms with Gasteiger partial charge in [0.2, 0.25) is 5.91 Å². The Hall–Kier alpha value is -0.770. The van der Waals surface area contributed by atoms with Gasteiger partial charge in [0, 0.05) is 6.61 Å². The van der Waals surface area contributed by atoms with Crippen molar-refractivity contribution in [2.24, 2.45) is 28.9 Å². The summed E-state index contributed by atoms with van der Waals surface area (Å²) in [6, 6.07) is -1.95. The van der Waals surface area contributed by atoms with Crippen LogP contribution in [0.25, 0.3) is 0 Å². The summed E-state index contributed by atoms with van der Waals surface area (Å²) < 4.78 is 6.12. The maximum absolute atomic E-state index is 11.9. The van der Waals surface area contributed by atoms with E-state index < -0.39 is 42.9 Å². The van der Waals surface area contributed by atoms with Crippen molar-refractivity contribution >= 4 is 5.91 Å². The second kappa shape index (κ2) is 9.61. The third-order valence-electron chi connectivity index (χ3n) is 8.46. The topological polar surface area (TPSA) is 136 Å². The number of nitrogens with two attached hydrogens (primary N) is 1. The van der Waals surface area contributed by atoms with Crippen LogP contribution < -0.4 is 5.73 Å². The fourth-order valence-electron chi connectivity index (χ4n) is 7.50. The monoisotopic (exact) mass is 440 g/mol. The third-order valence-corrected chi connectivity index (χ3v) is 8.46. The SMILES string of the molecule is NC(=O)[C@@H]1[C@H](O)[C@@H](O)[C@H](O)[C@@H](CO)N1CCCCCOCC12CC3CC(CC(C3)C1)C2. The predicted octanol–water partition coefficient (Wildman–Crippen LogP) is 0.00280. The molecule has 0 unspecified atom stereocenters. The highest BCUT2D eigenvalue weighted by atomic mass is 16.5. The Morgan fingerprint density at radius 1 is 0.935 bits per heavy atom. The first-order valence-electron chi connectivity index (χ1n) is 12.1. The molecule has 0 aromatic heterocycles. The van der Waals surface area contributed by atoms with Gasteiger partial charge in [-0.15, -0.1) is 0 Å². The number of carbonyl (C=O) groups excluding carboxylic acids is 1. The minimum atomic E-state index is -1.51. The average Bonchev–Trinajstić information content (AvgIpc) is 2.70. The Labute approximate surface area is 184 Å². The van der Waals surface area contributed by atoms with Crippen LogP contribution in [0.4, 0.5) is 0 Å². The van der Waals surface area contributed by atoms with Crippen molar-refractivity contribution in [1.29, 1.82) is 0 Å². The standard InChI is InChI=1S/C23H40N2O6/c24-22(30)18-20(28)21(29)19(27)17(12-26)25(18)4-2-1-3-5-31-13-23-9-14-6-15(10-23)8-16(7-14)11-23/h14-21,26-29H,1-13H2,(H2,24,30)/t14?,15?,16?,17-,18+,19-,20+,21+,23?/m1/s1. The predicted molar refractivity (Wildman–Crippen MR) is 114 cm³/mol. The molecule has 5 aliphatic rings. The molecule has 5 fully saturated rings. The Balaban J connectivity index is 1.19. The molecule has 6 N–H and O–H groups in total. The summed E-state index contributed by atoms with van der Waals surface area (Å²) in [5.74, 6) is 2.03. The van der Waals surface area contributed by atoms with Crippen molar-refractivity contribution in [2.45, 2.75) is 88.2 Å². The molecule has 178 valence electrons. The molecule has 0 spiro atoms. The van der Waals surface area contributed by atoms with Gasteiger partial charge in [-0.25, -0.2) is 0 Å². The Kier molecular flexibility index (Phi) is 7.25. The van der Waals surface area contributed by atoms with E-state index in [1.54, 1.807) is 4.90 Å². The van der Waals surface area contributed by atoms with E-state index in [1.807, 2.05) is 0 Å². The molecule has 4 bridgehead atoms. The number of nitrogens with zero attached hydrogens (tertiary/aromatic N) is 1. The highest BCUT2D eigenvalue weighted by Gasteiger charge is 2.51. The maximum atomic E-state index is 11.9. The first-order chi connectivity index (χ1) is 14.8. The van der Waals surface area contributed by atoms with Gasteiger partial charge in [0.1, 0.15) is 24.4 Å². The summed E-state index contributed by atoms with van der Waals surface area (Å²) in [5, 5.41) is 40.0. The summed E-state index contributed by atoms with van der Waals surface area (Å²) in [6.07, 6.45) is 6.55. The van der Waals surface area contributed by atoms with Crippen LogP contribution in [-0.4, -0.2) is 88.0 Å². The quantitative estimate of drug-likeness (QED) is 0.302. The van der Waals surface area contributed by atoms with Crippen LogP contribution in [0.15, 0.2) is 0 Å². The third kappa shape index (κ3) is 4.80. The van der Waals surface area contributed by atoms with E-state index >= 15 is 0 Å². The molecule has 1 saturated heterocycles. The lowest BCUT2D eigenvalue weighted by molar-refractivity contribution is -0.177. The Bertz CT molecular complexity index is 596. The molecule has 1 amide bonds. The van der Waals surface area contributed by atoms with E-state index in [-0.39, 0.29) is 0 Å². The van der Waals surface area contributed by atoms with Crippen molar-refractivity contribution in [3.05, 3.63) is 0 Å². The van der Waals surface area contributed by atoms with Crippen LogP contribution in [0.3, 0.4) is 0 Å². The van der Waals surface area contributed by atoms with E-state index in [0.717, 1.165) is 43.6 Å². The largest absolute Gasteiger partial charge is 0.395 e. The first kappa shape index (κ1) is 23.4. The molecule has 31 heavy (non-hydrogen) atoms. The number of hydrogen-bond donors (Lipinski definition) is 5. The number of piperidine rings is 1. The number of hydrogen-bond acceptors (Lipinski definition) is 7. The number of primary amides is 1. The van der Waals surface area contributed by atoms with E-state index in [9.17, 15) is 25.2 Å². The number of likely N-dealkylation sites (tertiary alicyclic amines) is 1. The van der Waals surface area contributed by atoms with Crippen molar-refractivity contribution < 1.29 is 30.0 Å². The zero-order chi connectivity index (χ0) is 22.2. The summed E-state index contributed by atoms with van der Waals surface area (Å²) in [6.45, 7) is 1.57. The van der Waals surface area contributed by atoms with Gasteiger partial charge in [0.25, 0.3) is 0 Å². The molecule has 0 radical (unpaired) electrons. The molecule has 5 atom stereocenters. The molecular formula is C23H40N2O6. The van der Waals surface area contributed by atoms with Crippen molar-refractivity contribution in [1.82, 2.24) is 4.90 Å². The van der Waals surface area contributed by atoms with Gasteiger partial charge in [-0.3, -0.25) is 9.69 Å². The van der Waals surface area contributed by atoms with Crippen molar-refractivity contribution in [3.63, 3.8) is 0 Å². The summed E-state index contributed by atoms with van der Waals surface area (Å²) >= 11 is 0. The Morgan fingerprint density at radius 3 is 2.10 bits per heavy atom. The number of rotatable bonds is 10. The zero-order valence-electron chi connectivity index (χ0n) is 18.4. The highest BCUT2D eigenvalue weighted by molar-refractivity contribution is 5.81. The molecule has 4 saturated carbocycles. The number of aliphatic hydroxyl groups is 4. The fraction of sp³-hybridized carbons (Fsp3) is 0.957. The summed E-state index contributed by atoms with van der Waals surface area (Å²) in [4.78, 5) is 13.4. The molecule has 8 nitrogen and oxygen atoms in total. The van der Waals surface area contributed by atoms with Crippen LogP contribution in [0.5, 0.6) is 0 Å². The van der Waals surface area contributed by atoms with E-state index in [2.05, 4.69) is 0 Å². The van der Waals surface area contributed by atoms with Gasteiger partial charge in [0.15, 0.2) is 0 Å². The van der Waals surface area contributed by atoms with Gasteiger partial charge >= 0.3 is 0 Å². The second-order valence-electron chi connectivity index (χ2n) is 10.8. The molecule has 1 heterocycles. The average molecular weight is 441 g/mol. The van der Waals surface area contributed by atoms with Crippen LogP contribution in [0.2, 0.25) is 0 Å². The minimum Gasteiger partial charge on any atom is -0.395 e. The van der Waals surface area contributed by atoms with E-state index in [0.29, 0.717) is 18.6 Å². The normalized spacial score (nSPS) is 44.6. The number of aliphatic hydroxyl groups excluding tert-OH is 4. The molecule has 1 aliphatic heterocycles. The van der Waals surface area contributed by atoms with Crippen molar-refractivity contribution in [2.75, 3.05) is 26.4 Å². The molecule has 8 heteroatoms. The van der Waals surface area contributed by atoms with Gasteiger partial charge in [-0.1, -0.05) is 0 Å². The van der Waals surface area contributed by atoms with Crippen LogP contribution in [0, 0.1) is 23.2 Å². The van der Waals surface area contributed by atoms with Gasteiger partial charge in [0.05, 0.1) is 19.3 Å². The van der Waals surface area contributed by atoms with Crippen LogP contribution >= 0.6 is 0 Å². The molecular weight excluding hydrogens is 400 g/mol. The van der Waals surface area contributed by atoms with Crippen molar-refractivity contribution in [3.8, 4) is 0 Å². The Morgan fingerprint density at radius 2 is 1.55 bits per heavy atom. The zero-order valence-corrected chi connectivity index (χ0v) is 18.4. The molecule has 0 aromatic rings.